The van der Waals surface area contributed by atoms with Crippen LogP contribution in [0, 0.1) is 0 Å². The topological polar surface area (TPSA) is 35.5 Å². The Balaban J connectivity index is 1.89. The SMILES string of the molecule is CCCCCCOc1ccc(C(=O)Oc2ccc(CC)cc2Br)cc1. The van der Waals surface area contributed by atoms with Gasteiger partial charge in [0, 0.05) is 0 Å². The van der Waals surface area contributed by atoms with Crippen LogP contribution in [-0.4, -0.2) is 12.6 Å². The minimum atomic E-state index is -0.376. The first kappa shape index (κ1) is 19.5. The van der Waals surface area contributed by atoms with Gasteiger partial charge in [-0.3, -0.25) is 0 Å². The quantitative estimate of drug-likeness (QED) is 0.284. The highest BCUT2D eigenvalue weighted by atomic mass is 79.9. The summed E-state index contributed by atoms with van der Waals surface area (Å²) in [7, 11) is 0. The van der Waals surface area contributed by atoms with Gasteiger partial charge in [0.2, 0.25) is 0 Å². The molecule has 0 aliphatic rings. The lowest BCUT2D eigenvalue weighted by Crippen LogP contribution is -2.09. The molecule has 25 heavy (non-hydrogen) atoms. The lowest BCUT2D eigenvalue weighted by molar-refractivity contribution is 0.0733. The van der Waals surface area contributed by atoms with Crippen LogP contribution in [0.5, 0.6) is 11.5 Å². The molecule has 0 N–H and O–H groups in total. The van der Waals surface area contributed by atoms with Gasteiger partial charge in [0.05, 0.1) is 16.6 Å². The van der Waals surface area contributed by atoms with Crippen molar-refractivity contribution in [1.29, 1.82) is 0 Å². The standard InChI is InChI=1S/C21H25BrO3/c1-3-5-6-7-14-24-18-11-9-17(10-12-18)21(23)25-20-13-8-16(4-2)15-19(20)22/h8-13,15H,3-7,14H2,1-2H3. The Bertz CT molecular complexity index is 680. The molecule has 134 valence electrons. The maximum Gasteiger partial charge on any atom is 0.343 e. The van der Waals surface area contributed by atoms with Gasteiger partial charge in [0.1, 0.15) is 11.5 Å². The van der Waals surface area contributed by atoms with Crippen LogP contribution in [0.3, 0.4) is 0 Å². The molecular weight excluding hydrogens is 380 g/mol. The number of benzene rings is 2. The fourth-order valence-electron chi connectivity index (χ4n) is 2.41. The molecule has 0 amide bonds. The van der Waals surface area contributed by atoms with Gasteiger partial charge >= 0.3 is 5.97 Å². The van der Waals surface area contributed by atoms with E-state index in [1.807, 2.05) is 30.3 Å². The summed E-state index contributed by atoms with van der Waals surface area (Å²) in [6, 6.07) is 12.8. The number of ether oxygens (including phenoxy) is 2. The lowest BCUT2D eigenvalue weighted by atomic mass is 10.2. The molecule has 0 unspecified atom stereocenters. The van der Waals surface area contributed by atoms with E-state index >= 15 is 0 Å². The van der Waals surface area contributed by atoms with Crippen molar-refractivity contribution in [2.45, 2.75) is 46.0 Å². The van der Waals surface area contributed by atoms with Crippen molar-refractivity contribution in [3.63, 3.8) is 0 Å². The van der Waals surface area contributed by atoms with E-state index < -0.39 is 0 Å². The second-order valence-electron chi connectivity index (χ2n) is 5.94. The third-order valence-electron chi connectivity index (χ3n) is 3.96. The van der Waals surface area contributed by atoms with Crippen LogP contribution in [0.2, 0.25) is 0 Å². The molecule has 0 aromatic heterocycles. The molecule has 0 spiro atoms. The summed E-state index contributed by atoms with van der Waals surface area (Å²) in [6.45, 7) is 4.98. The number of carbonyl (C=O) groups is 1. The molecule has 0 bridgehead atoms. The maximum atomic E-state index is 12.3. The van der Waals surface area contributed by atoms with E-state index in [0.717, 1.165) is 23.1 Å². The largest absolute Gasteiger partial charge is 0.494 e. The Kier molecular flexibility index (Phi) is 7.99. The Morgan fingerprint density at radius 1 is 1.00 bits per heavy atom. The van der Waals surface area contributed by atoms with E-state index in [2.05, 4.69) is 29.8 Å². The van der Waals surface area contributed by atoms with Crippen LogP contribution in [0.15, 0.2) is 46.9 Å². The first-order valence-electron chi connectivity index (χ1n) is 8.87. The van der Waals surface area contributed by atoms with Crippen molar-refractivity contribution in [3.05, 3.63) is 58.1 Å². The first-order chi connectivity index (χ1) is 12.1. The van der Waals surface area contributed by atoms with Crippen LogP contribution in [0.25, 0.3) is 0 Å². The van der Waals surface area contributed by atoms with Crippen LogP contribution in [-0.2, 0) is 6.42 Å². The number of rotatable bonds is 9. The number of unbranched alkanes of at least 4 members (excludes halogenated alkanes) is 3. The number of carbonyl (C=O) groups excluding carboxylic acids is 1. The van der Waals surface area contributed by atoms with Crippen LogP contribution >= 0.6 is 15.9 Å². The summed E-state index contributed by atoms with van der Waals surface area (Å²) in [4.78, 5) is 12.3. The second kappa shape index (κ2) is 10.2. The summed E-state index contributed by atoms with van der Waals surface area (Å²) in [5.41, 5.74) is 1.69. The average Bonchev–Trinajstić information content (AvgIpc) is 2.63. The fraction of sp³-hybridized carbons (Fsp3) is 0.381. The molecule has 0 aliphatic carbocycles. The minimum Gasteiger partial charge on any atom is -0.494 e. The second-order valence-corrected chi connectivity index (χ2v) is 6.80. The molecular formula is C21H25BrO3. The van der Waals surface area contributed by atoms with Crippen molar-refractivity contribution >= 4 is 21.9 Å². The molecule has 0 heterocycles. The molecule has 0 aliphatic heterocycles. The Morgan fingerprint density at radius 2 is 1.76 bits per heavy atom. The van der Waals surface area contributed by atoms with E-state index in [1.165, 1.54) is 24.8 Å². The van der Waals surface area contributed by atoms with Gasteiger partial charge in [0.25, 0.3) is 0 Å². The molecule has 0 saturated heterocycles. The van der Waals surface area contributed by atoms with Gasteiger partial charge in [-0.05, 0) is 70.7 Å². The summed E-state index contributed by atoms with van der Waals surface area (Å²) < 4.78 is 11.9. The summed E-state index contributed by atoms with van der Waals surface area (Å²) in [5, 5.41) is 0. The molecule has 4 heteroatoms. The monoisotopic (exact) mass is 404 g/mol. The lowest BCUT2D eigenvalue weighted by Gasteiger charge is -2.09. The smallest absolute Gasteiger partial charge is 0.343 e. The number of hydrogen-bond acceptors (Lipinski definition) is 3. The van der Waals surface area contributed by atoms with Crippen molar-refractivity contribution in [3.8, 4) is 11.5 Å². The van der Waals surface area contributed by atoms with Crippen LogP contribution in [0.1, 0.15) is 55.5 Å². The molecule has 3 nitrogen and oxygen atoms in total. The van der Waals surface area contributed by atoms with Gasteiger partial charge < -0.3 is 9.47 Å². The predicted octanol–water partition coefficient (Wildman–Crippen LogP) is 6.19. The highest BCUT2D eigenvalue weighted by Crippen LogP contribution is 2.27. The third kappa shape index (κ3) is 6.20. The third-order valence-corrected chi connectivity index (χ3v) is 4.58. The fourth-order valence-corrected chi connectivity index (χ4v) is 2.92. The van der Waals surface area contributed by atoms with Crippen molar-refractivity contribution in [1.82, 2.24) is 0 Å². The number of halogens is 1. The highest BCUT2D eigenvalue weighted by molar-refractivity contribution is 9.10. The van der Waals surface area contributed by atoms with Gasteiger partial charge in [-0.2, -0.15) is 0 Å². The maximum absolute atomic E-state index is 12.3. The molecule has 0 atom stereocenters. The van der Waals surface area contributed by atoms with E-state index in [0.29, 0.717) is 17.9 Å². The Hall–Kier alpha value is -1.81. The highest BCUT2D eigenvalue weighted by Gasteiger charge is 2.11. The zero-order valence-corrected chi connectivity index (χ0v) is 16.5. The number of hydrogen-bond donors (Lipinski definition) is 0. The number of esters is 1. The summed E-state index contributed by atoms with van der Waals surface area (Å²) >= 11 is 3.45. The molecule has 2 aromatic carbocycles. The van der Waals surface area contributed by atoms with Gasteiger partial charge in [-0.15, -0.1) is 0 Å². The molecule has 0 saturated carbocycles. The minimum absolute atomic E-state index is 0.376. The average molecular weight is 405 g/mol. The van der Waals surface area contributed by atoms with Crippen LogP contribution in [0.4, 0.5) is 0 Å². The molecule has 0 fully saturated rings. The normalized spacial score (nSPS) is 10.5. The van der Waals surface area contributed by atoms with E-state index in [4.69, 9.17) is 9.47 Å². The zero-order valence-electron chi connectivity index (χ0n) is 14.9. The van der Waals surface area contributed by atoms with Gasteiger partial charge in [-0.25, -0.2) is 4.79 Å². The van der Waals surface area contributed by atoms with Crippen molar-refractivity contribution < 1.29 is 14.3 Å². The molecule has 0 radical (unpaired) electrons. The Morgan fingerprint density at radius 3 is 2.40 bits per heavy atom. The number of aryl methyl sites for hydroxylation is 1. The van der Waals surface area contributed by atoms with E-state index in [1.54, 1.807) is 12.1 Å². The predicted molar refractivity (Wildman–Crippen MR) is 105 cm³/mol. The summed E-state index contributed by atoms with van der Waals surface area (Å²) in [6.07, 6.45) is 5.63. The van der Waals surface area contributed by atoms with Crippen molar-refractivity contribution in [2.75, 3.05) is 6.61 Å². The first-order valence-corrected chi connectivity index (χ1v) is 9.66. The molecule has 2 rings (SSSR count). The van der Waals surface area contributed by atoms with Gasteiger partial charge in [-0.1, -0.05) is 39.2 Å². The zero-order chi connectivity index (χ0) is 18.1. The van der Waals surface area contributed by atoms with Gasteiger partial charge in [0.15, 0.2) is 0 Å². The van der Waals surface area contributed by atoms with Crippen LogP contribution < -0.4 is 9.47 Å². The Labute approximate surface area is 158 Å². The summed E-state index contributed by atoms with van der Waals surface area (Å²) in [5.74, 6) is 0.930. The van der Waals surface area contributed by atoms with Crippen molar-refractivity contribution in [2.24, 2.45) is 0 Å². The van der Waals surface area contributed by atoms with E-state index in [9.17, 15) is 4.79 Å². The van der Waals surface area contributed by atoms with E-state index in [-0.39, 0.29) is 5.97 Å². The molecule has 2 aromatic rings.